The van der Waals surface area contributed by atoms with E-state index in [0.29, 0.717) is 11.3 Å². The number of rotatable bonds is 7. The van der Waals surface area contributed by atoms with Crippen molar-refractivity contribution in [3.05, 3.63) is 59.2 Å². The number of nitrogens with zero attached hydrogens (tertiary/aromatic N) is 1. The Bertz CT molecular complexity index is 1030. The molecule has 1 atom stereocenters. The van der Waals surface area contributed by atoms with Crippen molar-refractivity contribution in [3.8, 4) is 0 Å². The van der Waals surface area contributed by atoms with Gasteiger partial charge in [-0.25, -0.2) is 4.79 Å². The van der Waals surface area contributed by atoms with E-state index in [1.165, 1.54) is 12.1 Å². The topological polar surface area (TPSA) is 102 Å². The van der Waals surface area contributed by atoms with Gasteiger partial charge in [-0.2, -0.15) is 0 Å². The van der Waals surface area contributed by atoms with E-state index < -0.39 is 30.4 Å². The predicted octanol–water partition coefficient (Wildman–Crippen LogP) is 3.01. The summed E-state index contributed by atoms with van der Waals surface area (Å²) in [6.07, 6.45) is 0.0443. The molecule has 0 unspecified atom stereocenters. The molecular formula is C24H26N2O6. The molecule has 2 amide bonds. The molecule has 0 saturated carbocycles. The molecule has 168 valence electrons. The van der Waals surface area contributed by atoms with Crippen LogP contribution in [0.3, 0.4) is 0 Å². The number of carbonyl (C=O) groups excluding carboxylic acids is 4. The number of carbonyl (C=O) groups is 4. The van der Waals surface area contributed by atoms with Gasteiger partial charge < -0.3 is 19.7 Å². The summed E-state index contributed by atoms with van der Waals surface area (Å²) in [7, 11) is 0. The van der Waals surface area contributed by atoms with Crippen LogP contribution >= 0.6 is 0 Å². The van der Waals surface area contributed by atoms with E-state index in [1.807, 2.05) is 32.0 Å². The maximum atomic E-state index is 12.4. The SMILES string of the molecule is CCOC(=O)c1ccc(NC(=O)COC(=O)[C@H]2CC(=O)N(c3ccc(C)c(C)c3)C2)cc1. The molecule has 1 N–H and O–H groups in total. The van der Waals surface area contributed by atoms with Crippen LogP contribution < -0.4 is 10.2 Å². The fourth-order valence-corrected chi connectivity index (χ4v) is 3.36. The van der Waals surface area contributed by atoms with Gasteiger partial charge in [-0.15, -0.1) is 0 Å². The van der Waals surface area contributed by atoms with E-state index in [2.05, 4.69) is 5.32 Å². The molecule has 0 bridgehead atoms. The van der Waals surface area contributed by atoms with Gasteiger partial charge >= 0.3 is 11.9 Å². The van der Waals surface area contributed by atoms with E-state index in [9.17, 15) is 19.2 Å². The summed E-state index contributed by atoms with van der Waals surface area (Å²) in [6.45, 7) is 5.71. The Kier molecular flexibility index (Phi) is 7.25. The van der Waals surface area contributed by atoms with E-state index >= 15 is 0 Å². The van der Waals surface area contributed by atoms with Crippen molar-refractivity contribution < 1.29 is 28.7 Å². The van der Waals surface area contributed by atoms with Gasteiger partial charge in [0, 0.05) is 24.3 Å². The van der Waals surface area contributed by atoms with Gasteiger partial charge in [0.1, 0.15) is 0 Å². The molecule has 1 heterocycles. The van der Waals surface area contributed by atoms with Crippen LogP contribution in [0.25, 0.3) is 0 Å². The lowest BCUT2D eigenvalue weighted by molar-refractivity contribution is -0.151. The summed E-state index contributed by atoms with van der Waals surface area (Å²) in [5, 5.41) is 2.60. The zero-order valence-electron chi connectivity index (χ0n) is 18.3. The first-order chi connectivity index (χ1) is 15.3. The summed E-state index contributed by atoms with van der Waals surface area (Å²) in [4.78, 5) is 50.1. The fraction of sp³-hybridized carbons (Fsp3) is 0.333. The van der Waals surface area contributed by atoms with Gasteiger partial charge in [0.25, 0.3) is 5.91 Å². The highest BCUT2D eigenvalue weighted by atomic mass is 16.5. The van der Waals surface area contributed by atoms with Crippen LogP contribution in [0, 0.1) is 19.8 Å². The zero-order chi connectivity index (χ0) is 23.3. The van der Waals surface area contributed by atoms with Crippen LogP contribution in [0.2, 0.25) is 0 Å². The van der Waals surface area contributed by atoms with Crippen LogP contribution in [-0.4, -0.2) is 43.5 Å². The van der Waals surface area contributed by atoms with E-state index in [0.717, 1.165) is 16.8 Å². The normalized spacial score (nSPS) is 15.4. The molecule has 32 heavy (non-hydrogen) atoms. The number of hydrogen-bond acceptors (Lipinski definition) is 6. The minimum Gasteiger partial charge on any atom is -0.462 e. The number of ether oxygens (including phenoxy) is 2. The third-order valence-electron chi connectivity index (χ3n) is 5.29. The summed E-state index contributed by atoms with van der Waals surface area (Å²) in [5.74, 6) is -2.32. The number of nitrogens with one attached hydrogen (secondary N) is 1. The van der Waals surface area contributed by atoms with Crippen LogP contribution in [0.15, 0.2) is 42.5 Å². The Morgan fingerprint density at radius 2 is 1.75 bits per heavy atom. The minimum atomic E-state index is -0.624. The van der Waals surface area contributed by atoms with E-state index in [4.69, 9.17) is 9.47 Å². The Morgan fingerprint density at radius 3 is 2.41 bits per heavy atom. The fourth-order valence-electron chi connectivity index (χ4n) is 3.36. The highest BCUT2D eigenvalue weighted by Crippen LogP contribution is 2.27. The molecule has 1 aliphatic heterocycles. The molecule has 0 aliphatic carbocycles. The van der Waals surface area contributed by atoms with Crippen molar-refractivity contribution >= 4 is 35.1 Å². The highest BCUT2D eigenvalue weighted by molar-refractivity contribution is 6.00. The van der Waals surface area contributed by atoms with E-state index in [1.54, 1.807) is 24.0 Å². The van der Waals surface area contributed by atoms with Gasteiger partial charge in [0.2, 0.25) is 5.91 Å². The summed E-state index contributed by atoms with van der Waals surface area (Å²) < 4.78 is 10.0. The molecule has 8 nitrogen and oxygen atoms in total. The molecule has 0 radical (unpaired) electrons. The molecule has 8 heteroatoms. The number of amides is 2. The minimum absolute atomic E-state index is 0.0443. The highest BCUT2D eigenvalue weighted by Gasteiger charge is 2.36. The van der Waals surface area contributed by atoms with Gasteiger partial charge in [-0.1, -0.05) is 6.07 Å². The second-order valence-electron chi connectivity index (χ2n) is 7.63. The number of anilines is 2. The maximum Gasteiger partial charge on any atom is 0.338 e. The summed E-state index contributed by atoms with van der Waals surface area (Å²) in [5.41, 5.74) is 3.76. The Labute approximate surface area is 186 Å². The number of hydrogen-bond donors (Lipinski definition) is 1. The lowest BCUT2D eigenvalue weighted by atomic mass is 10.1. The Morgan fingerprint density at radius 1 is 1.03 bits per heavy atom. The first-order valence-corrected chi connectivity index (χ1v) is 10.4. The van der Waals surface area contributed by atoms with Crippen molar-refractivity contribution in [2.24, 2.45) is 5.92 Å². The van der Waals surface area contributed by atoms with Crippen molar-refractivity contribution in [1.82, 2.24) is 0 Å². The maximum absolute atomic E-state index is 12.4. The Hall–Kier alpha value is -3.68. The molecule has 1 aliphatic rings. The average molecular weight is 438 g/mol. The molecule has 3 rings (SSSR count). The van der Waals surface area contributed by atoms with Crippen molar-refractivity contribution in [2.75, 3.05) is 30.0 Å². The van der Waals surface area contributed by atoms with Crippen LogP contribution in [-0.2, 0) is 23.9 Å². The average Bonchev–Trinajstić information content (AvgIpc) is 3.16. The quantitative estimate of drug-likeness (QED) is 0.667. The monoisotopic (exact) mass is 438 g/mol. The van der Waals surface area contributed by atoms with Gasteiger partial charge in [-0.3, -0.25) is 14.4 Å². The Balaban J connectivity index is 1.50. The van der Waals surface area contributed by atoms with Crippen LogP contribution in [0.4, 0.5) is 11.4 Å². The number of esters is 2. The van der Waals surface area contributed by atoms with Crippen LogP contribution in [0.5, 0.6) is 0 Å². The van der Waals surface area contributed by atoms with Crippen molar-refractivity contribution in [2.45, 2.75) is 27.2 Å². The first kappa shape index (κ1) is 23.0. The van der Waals surface area contributed by atoms with Crippen LogP contribution in [0.1, 0.15) is 34.8 Å². The molecule has 0 spiro atoms. The largest absolute Gasteiger partial charge is 0.462 e. The third kappa shape index (κ3) is 5.51. The zero-order valence-corrected chi connectivity index (χ0v) is 18.3. The molecule has 1 saturated heterocycles. The molecular weight excluding hydrogens is 412 g/mol. The lowest BCUT2D eigenvalue weighted by Gasteiger charge is -2.17. The first-order valence-electron chi connectivity index (χ1n) is 10.4. The summed E-state index contributed by atoms with van der Waals surface area (Å²) >= 11 is 0. The molecule has 2 aromatic carbocycles. The third-order valence-corrected chi connectivity index (χ3v) is 5.29. The van der Waals surface area contributed by atoms with Gasteiger partial charge in [-0.05, 0) is 68.3 Å². The van der Waals surface area contributed by atoms with Crippen molar-refractivity contribution in [3.63, 3.8) is 0 Å². The second-order valence-corrected chi connectivity index (χ2v) is 7.63. The smallest absolute Gasteiger partial charge is 0.338 e. The van der Waals surface area contributed by atoms with Gasteiger partial charge in [0.05, 0.1) is 18.1 Å². The number of benzene rings is 2. The van der Waals surface area contributed by atoms with E-state index in [-0.39, 0.29) is 25.5 Å². The van der Waals surface area contributed by atoms with Crippen molar-refractivity contribution in [1.29, 1.82) is 0 Å². The van der Waals surface area contributed by atoms with Gasteiger partial charge in [0.15, 0.2) is 6.61 Å². The molecule has 2 aromatic rings. The predicted molar refractivity (Wildman–Crippen MR) is 118 cm³/mol. The molecule has 0 aromatic heterocycles. The number of aryl methyl sites for hydroxylation is 2. The standard InChI is InChI=1S/C24H26N2O6/c1-4-31-23(29)17-6-8-19(9-7-17)25-21(27)14-32-24(30)18-12-22(28)26(13-18)20-10-5-15(2)16(3)11-20/h5-11,18H,4,12-14H2,1-3H3,(H,25,27)/t18-/m0/s1. The lowest BCUT2D eigenvalue weighted by Crippen LogP contribution is -2.28. The summed E-state index contributed by atoms with van der Waals surface area (Å²) in [6, 6.07) is 11.9. The molecule has 1 fully saturated rings. The second kappa shape index (κ2) is 10.1.